The lowest BCUT2D eigenvalue weighted by atomic mass is 10.3. The standard InChI is InChI=1S/C14H20N2O2S/c1-10(2)9-19-7-6-15-11-4-5-13-12(8-11)16(3)14(17)18-13/h4-5,8,10,15H,6-7,9H2,1-3H3. The number of rotatable bonds is 6. The van der Waals surface area contributed by atoms with Crippen molar-refractivity contribution in [2.24, 2.45) is 13.0 Å². The highest BCUT2D eigenvalue weighted by molar-refractivity contribution is 7.99. The molecule has 0 saturated carbocycles. The number of nitrogens with one attached hydrogen (secondary N) is 1. The molecule has 0 atom stereocenters. The lowest BCUT2D eigenvalue weighted by molar-refractivity contribution is 0.528. The van der Waals surface area contributed by atoms with Gasteiger partial charge in [-0.1, -0.05) is 13.8 Å². The van der Waals surface area contributed by atoms with Gasteiger partial charge in [0.15, 0.2) is 5.58 Å². The Morgan fingerprint density at radius 3 is 2.95 bits per heavy atom. The first-order valence-corrected chi connectivity index (χ1v) is 7.64. The number of thioether (sulfide) groups is 1. The second-order valence-corrected chi connectivity index (χ2v) is 6.15. The molecule has 0 saturated heterocycles. The van der Waals surface area contributed by atoms with Gasteiger partial charge in [0.1, 0.15) is 0 Å². The lowest BCUT2D eigenvalue weighted by Crippen LogP contribution is -2.09. The van der Waals surface area contributed by atoms with E-state index in [0.29, 0.717) is 5.58 Å². The quantitative estimate of drug-likeness (QED) is 0.826. The summed E-state index contributed by atoms with van der Waals surface area (Å²) in [5.41, 5.74) is 2.48. The number of hydrogen-bond donors (Lipinski definition) is 1. The molecule has 5 heteroatoms. The van der Waals surface area contributed by atoms with Gasteiger partial charge in [0, 0.05) is 25.0 Å². The second kappa shape index (κ2) is 6.19. The average molecular weight is 280 g/mol. The monoisotopic (exact) mass is 280 g/mol. The minimum atomic E-state index is -0.320. The largest absolute Gasteiger partial charge is 0.419 e. The van der Waals surface area contributed by atoms with Gasteiger partial charge in [-0.3, -0.25) is 4.57 Å². The van der Waals surface area contributed by atoms with Crippen molar-refractivity contribution in [1.82, 2.24) is 4.57 Å². The van der Waals surface area contributed by atoms with Crippen LogP contribution in [0.2, 0.25) is 0 Å². The fraction of sp³-hybridized carbons (Fsp3) is 0.500. The molecular weight excluding hydrogens is 260 g/mol. The van der Waals surface area contributed by atoms with E-state index in [1.165, 1.54) is 10.3 Å². The van der Waals surface area contributed by atoms with Gasteiger partial charge in [0.2, 0.25) is 0 Å². The molecule has 104 valence electrons. The zero-order valence-corrected chi connectivity index (χ0v) is 12.4. The van der Waals surface area contributed by atoms with Gasteiger partial charge in [-0.25, -0.2) is 4.79 Å². The molecule has 0 aliphatic heterocycles. The van der Waals surface area contributed by atoms with Crippen molar-refractivity contribution in [2.45, 2.75) is 13.8 Å². The topological polar surface area (TPSA) is 47.2 Å². The Kier molecular flexibility index (Phi) is 4.58. The fourth-order valence-electron chi connectivity index (χ4n) is 1.82. The number of oxazole rings is 1. The van der Waals surface area contributed by atoms with Crippen LogP contribution in [0, 0.1) is 5.92 Å². The summed E-state index contributed by atoms with van der Waals surface area (Å²) in [4.78, 5) is 11.4. The van der Waals surface area contributed by atoms with E-state index in [1.54, 1.807) is 7.05 Å². The summed E-state index contributed by atoms with van der Waals surface area (Å²) < 4.78 is 6.62. The van der Waals surface area contributed by atoms with Gasteiger partial charge >= 0.3 is 5.76 Å². The molecule has 0 aliphatic carbocycles. The summed E-state index contributed by atoms with van der Waals surface area (Å²) in [6.07, 6.45) is 0. The molecule has 19 heavy (non-hydrogen) atoms. The summed E-state index contributed by atoms with van der Waals surface area (Å²) >= 11 is 1.96. The number of aryl methyl sites for hydroxylation is 1. The molecule has 0 unspecified atom stereocenters. The Balaban J connectivity index is 1.94. The van der Waals surface area contributed by atoms with E-state index in [2.05, 4.69) is 19.2 Å². The van der Waals surface area contributed by atoms with E-state index >= 15 is 0 Å². The summed E-state index contributed by atoms with van der Waals surface area (Å²) in [7, 11) is 1.72. The summed E-state index contributed by atoms with van der Waals surface area (Å²) in [6.45, 7) is 5.39. The number of nitrogens with zero attached hydrogens (tertiary/aromatic N) is 1. The van der Waals surface area contributed by atoms with Crippen LogP contribution in [0.3, 0.4) is 0 Å². The maximum atomic E-state index is 11.4. The molecule has 1 heterocycles. The summed E-state index contributed by atoms with van der Waals surface area (Å²) in [6, 6.07) is 5.73. The van der Waals surface area contributed by atoms with Crippen LogP contribution in [0.5, 0.6) is 0 Å². The van der Waals surface area contributed by atoms with Gasteiger partial charge in [0.05, 0.1) is 5.52 Å². The average Bonchev–Trinajstić information content (AvgIpc) is 2.65. The molecule has 0 amide bonds. The molecule has 2 aromatic rings. The van der Waals surface area contributed by atoms with E-state index in [0.717, 1.165) is 29.4 Å². The van der Waals surface area contributed by atoms with Crippen LogP contribution in [-0.4, -0.2) is 22.6 Å². The van der Waals surface area contributed by atoms with Crippen molar-refractivity contribution < 1.29 is 4.42 Å². The molecule has 0 spiro atoms. The van der Waals surface area contributed by atoms with Gasteiger partial charge < -0.3 is 9.73 Å². The predicted octanol–water partition coefficient (Wildman–Crippen LogP) is 2.93. The lowest BCUT2D eigenvalue weighted by Gasteiger charge is -2.07. The first kappa shape index (κ1) is 14.1. The second-order valence-electron chi connectivity index (χ2n) is 5.01. The molecule has 0 radical (unpaired) electrons. The maximum absolute atomic E-state index is 11.4. The van der Waals surface area contributed by atoms with E-state index in [-0.39, 0.29) is 5.76 Å². The molecule has 1 aromatic carbocycles. The first-order chi connectivity index (χ1) is 9.08. The van der Waals surface area contributed by atoms with Crippen LogP contribution in [-0.2, 0) is 7.05 Å². The Bertz CT molecular complexity index is 601. The minimum Gasteiger partial charge on any atom is -0.408 e. The van der Waals surface area contributed by atoms with Crippen molar-refractivity contribution in [3.05, 3.63) is 28.7 Å². The zero-order chi connectivity index (χ0) is 13.8. The molecule has 0 bridgehead atoms. The van der Waals surface area contributed by atoms with Crippen molar-refractivity contribution in [1.29, 1.82) is 0 Å². The number of anilines is 1. The van der Waals surface area contributed by atoms with Crippen LogP contribution in [0.15, 0.2) is 27.4 Å². The molecule has 0 aliphatic rings. The van der Waals surface area contributed by atoms with Crippen molar-refractivity contribution in [3.8, 4) is 0 Å². The normalized spacial score (nSPS) is 11.4. The third-order valence-corrected chi connectivity index (χ3v) is 4.21. The van der Waals surface area contributed by atoms with Crippen molar-refractivity contribution in [3.63, 3.8) is 0 Å². The summed E-state index contributed by atoms with van der Waals surface area (Å²) in [5.74, 6) is 2.69. The van der Waals surface area contributed by atoms with E-state index < -0.39 is 0 Å². The van der Waals surface area contributed by atoms with E-state index in [1.807, 2.05) is 30.0 Å². The summed E-state index contributed by atoms with van der Waals surface area (Å²) in [5, 5.41) is 3.37. The molecule has 1 aromatic heterocycles. The molecule has 1 N–H and O–H groups in total. The van der Waals surface area contributed by atoms with Crippen LogP contribution >= 0.6 is 11.8 Å². The fourth-order valence-corrected chi connectivity index (χ4v) is 2.71. The molecule has 0 fully saturated rings. The molecule has 4 nitrogen and oxygen atoms in total. The Hall–Kier alpha value is -1.36. The predicted molar refractivity (Wildman–Crippen MR) is 82.1 cm³/mol. The van der Waals surface area contributed by atoms with Crippen LogP contribution in [0.25, 0.3) is 11.1 Å². The number of benzene rings is 1. The highest BCUT2D eigenvalue weighted by atomic mass is 32.2. The third-order valence-electron chi connectivity index (χ3n) is 2.82. The van der Waals surface area contributed by atoms with E-state index in [4.69, 9.17) is 4.42 Å². The Morgan fingerprint density at radius 1 is 1.42 bits per heavy atom. The van der Waals surface area contributed by atoms with Gasteiger partial charge in [-0.2, -0.15) is 11.8 Å². The third kappa shape index (κ3) is 3.56. The highest BCUT2D eigenvalue weighted by Crippen LogP contribution is 2.17. The first-order valence-electron chi connectivity index (χ1n) is 6.49. The SMILES string of the molecule is CC(C)CSCCNc1ccc2oc(=O)n(C)c2c1. The Labute approximate surface area is 117 Å². The van der Waals surface area contributed by atoms with Crippen LogP contribution in [0.1, 0.15) is 13.8 Å². The molecule has 2 rings (SSSR count). The molecular formula is C14H20N2O2S. The van der Waals surface area contributed by atoms with Crippen molar-refractivity contribution >= 4 is 28.5 Å². The van der Waals surface area contributed by atoms with Crippen LogP contribution < -0.4 is 11.1 Å². The maximum Gasteiger partial charge on any atom is 0.419 e. The minimum absolute atomic E-state index is 0.320. The van der Waals surface area contributed by atoms with Crippen molar-refractivity contribution in [2.75, 3.05) is 23.4 Å². The van der Waals surface area contributed by atoms with Gasteiger partial charge in [-0.15, -0.1) is 0 Å². The zero-order valence-electron chi connectivity index (χ0n) is 11.6. The Morgan fingerprint density at radius 2 is 2.21 bits per heavy atom. The number of hydrogen-bond acceptors (Lipinski definition) is 4. The highest BCUT2D eigenvalue weighted by Gasteiger charge is 2.05. The van der Waals surface area contributed by atoms with Gasteiger partial charge in [0.25, 0.3) is 0 Å². The van der Waals surface area contributed by atoms with Gasteiger partial charge in [-0.05, 0) is 29.9 Å². The number of fused-ring (bicyclic) bond motifs is 1. The number of aromatic nitrogens is 1. The van der Waals surface area contributed by atoms with E-state index in [9.17, 15) is 4.79 Å². The van der Waals surface area contributed by atoms with Crippen LogP contribution in [0.4, 0.5) is 5.69 Å². The smallest absolute Gasteiger partial charge is 0.408 e.